The largest absolute Gasteiger partial charge is 0.390 e. The lowest BCUT2D eigenvalue weighted by molar-refractivity contribution is -0.136. The van der Waals surface area contributed by atoms with E-state index < -0.39 is 5.60 Å². The van der Waals surface area contributed by atoms with E-state index in [0.29, 0.717) is 17.8 Å². The first-order valence-corrected chi connectivity index (χ1v) is 9.00. The molecule has 1 aromatic carbocycles. The number of anilines is 1. The Hall–Kier alpha value is -1.55. The molecule has 0 saturated heterocycles. The third kappa shape index (κ3) is 2.11. The second-order valence-corrected chi connectivity index (χ2v) is 8.20. The predicted molar refractivity (Wildman–Crippen MR) is 88.3 cm³/mol. The number of fused-ring (bicyclic) bond motifs is 1. The summed E-state index contributed by atoms with van der Waals surface area (Å²) in [6.07, 6.45) is 6.05. The molecule has 23 heavy (non-hydrogen) atoms. The van der Waals surface area contributed by atoms with Crippen LogP contribution in [0.2, 0.25) is 0 Å². The zero-order chi connectivity index (χ0) is 15.6. The van der Waals surface area contributed by atoms with Gasteiger partial charge in [0.25, 0.3) is 0 Å². The maximum absolute atomic E-state index is 12.8. The summed E-state index contributed by atoms with van der Waals surface area (Å²) in [4.78, 5) is 14.7. The van der Waals surface area contributed by atoms with Crippen LogP contribution in [0.25, 0.3) is 0 Å². The second kappa shape index (κ2) is 4.73. The van der Waals surface area contributed by atoms with Gasteiger partial charge >= 0.3 is 6.03 Å². The van der Waals surface area contributed by atoms with E-state index in [0.717, 1.165) is 37.9 Å². The van der Waals surface area contributed by atoms with Gasteiger partial charge in [0, 0.05) is 18.3 Å². The molecule has 0 radical (unpaired) electrons. The summed E-state index contributed by atoms with van der Waals surface area (Å²) >= 11 is 0. The Labute approximate surface area is 136 Å². The van der Waals surface area contributed by atoms with Crippen LogP contribution in [0.4, 0.5) is 10.5 Å². The Morgan fingerprint density at radius 2 is 1.91 bits per heavy atom. The first-order valence-electron chi connectivity index (χ1n) is 9.00. The smallest absolute Gasteiger partial charge is 0.322 e. The van der Waals surface area contributed by atoms with Crippen LogP contribution in [-0.4, -0.2) is 29.3 Å². The number of para-hydroxylation sites is 1. The highest BCUT2D eigenvalue weighted by Gasteiger charge is 2.55. The monoisotopic (exact) mass is 312 g/mol. The molecule has 4 heteroatoms. The van der Waals surface area contributed by atoms with Gasteiger partial charge in [-0.15, -0.1) is 0 Å². The lowest BCUT2D eigenvalue weighted by Crippen LogP contribution is -2.62. The number of rotatable bonds is 1. The molecule has 5 aliphatic rings. The van der Waals surface area contributed by atoms with Crippen molar-refractivity contribution in [3.8, 4) is 0 Å². The fourth-order valence-electron chi connectivity index (χ4n) is 5.99. The van der Waals surface area contributed by atoms with Crippen LogP contribution in [0.3, 0.4) is 0 Å². The molecule has 4 bridgehead atoms. The summed E-state index contributed by atoms with van der Waals surface area (Å²) in [5.74, 6) is 1.61. The van der Waals surface area contributed by atoms with Crippen molar-refractivity contribution in [3.05, 3.63) is 29.8 Å². The van der Waals surface area contributed by atoms with Crippen molar-refractivity contribution in [1.29, 1.82) is 0 Å². The molecule has 4 saturated carbocycles. The molecular formula is C19H24N2O2. The summed E-state index contributed by atoms with van der Waals surface area (Å²) in [7, 11) is 0. The first kappa shape index (κ1) is 13.8. The molecule has 4 aliphatic carbocycles. The maximum atomic E-state index is 12.8. The van der Waals surface area contributed by atoms with Crippen molar-refractivity contribution in [1.82, 2.24) is 5.32 Å². The highest BCUT2D eigenvalue weighted by atomic mass is 16.3. The lowest BCUT2D eigenvalue weighted by Gasteiger charge is -2.58. The standard InChI is InChI=1S/C19H24N2O2/c22-18(21-6-5-13-3-1-2-4-16(13)21)20-17-14-7-12-8-15(17)11-19(23,9-12)10-14/h1-4,12,14-15,17,23H,5-11H2,(H,20,22)/t12?,14?,15?,17-,19-. The number of urea groups is 1. The van der Waals surface area contributed by atoms with Crippen molar-refractivity contribution >= 4 is 11.7 Å². The van der Waals surface area contributed by atoms with Gasteiger partial charge in [-0.05, 0) is 67.9 Å². The number of hydrogen-bond donors (Lipinski definition) is 2. The summed E-state index contributed by atoms with van der Waals surface area (Å²) in [6, 6.07) is 8.51. The van der Waals surface area contributed by atoms with E-state index in [1.807, 2.05) is 23.1 Å². The van der Waals surface area contributed by atoms with E-state index in [9.17, 15) is 9.90 Å². The van der Waals surface area contributed by atoms with Crippen LogP contribution in [0.5, 0.6) is 0 Å². The predicted octanol–water partition coefficient (Wildman–Crippen LogP) is 2.70. The quantitative estimate of drug-likeness (QED) is 0.838. The van der Waals surface area contributed by atoms with Crippen LogP contribution in [-0.2, 0) is 6.42 Å². The molecule has 2 N–H and O–H groups in total. The number of nitrogens with zero attached hydrogens (tertiary/aromatic N) is 1. The van der Waals surface area contributed by atoms with Gasteiger partial charge in [0.2, 0.25) is 0 Å². The molecule has 2 atom stereocenters. The normalized spacial score (nSPS) is 40.3. The Kier molecular flexibility index (Phi) is 2.85. The van der Waals surface area contributed by atoms with Crippen molar-refractivity contribution in [2.24, 2.45) is 17.8 Å². The van der Waals surface area contributed by atoms with E-state index in [1.165, 1.54) is 18.4 Å². The van der Waals surface area contributed by atoms with Crippen molar-refractivity contribution in [2.75, 3.05) is 11.4 Å². The SMILES string of the molecule is O=C(N[C@H]1C2CC3CC1C[C@](O)(C3)C2)N1CCc2ccccc21. The summed E-state index contributed by atoms with van der Waals surface area (Å²) < 4.78 is 0. The number of carbonyl (C=O) groups excluding carboxylic acids is 1. The Morgan fingerprint density at radius 1 is 1.17 bits per heavy atom. The topological polar surface area (TPSA) is 52.6 Å². The highest BCUT2D eigenvalue weighted by molar-refractivity contribution is 5.94. The van der Waals surface area contributed by atoms with E-state index in [4.69, 9.17) is 0 Å². The van der Waals surface area contributed by atoms with E-state index in [1.54, 1.807) is 0 Å². The molecule has 2 unspecified atom stereocenters. The number of benzene rings is 1. The third-order valence-electron chi connectivity index (χ3n) is 6.66. The molecule has 122 valence electrons. The molecule has 0 aromatic heterocycles. The van der Waals surface area contributed by atoms with Gasteiger partial charge < -0.3 is 10.4 Å². The molecule has 1 aliphatic heterocycles. The maximum Gasteiger partial charge on any atom is 0.322 e. The zero-order valence-electron chi connectivity index (χ0n) is 13.4. The Bertz CT molecular complexity index is 643. The summed E-state index contributed by atoms with van der Waals surface area (Å²) in [6.45, 7) is 0.778. The molecule has 1 aromatic rings. The lowest BCUT2D eigenvalue weighted by atomic mass is 9.52. The molecular weight excluding hydrogens is 288 g/mol. The first-order chi connectivity index (χ1) is 11.1. The van der Waals surface area contributed by atoms with Crippen LogP contribution in [0.1, 0.15) is 37.7 Å². The number of amides is 2. The van der Waals surface area contributed by atoms with Crippen LogP contribution < -0.4 is 10.2 Å². The zero-order valence-corrected chi connectivity index (χ0v) is 13.4. The van der Waals surface area contributed by atoms with Gasteiger partial charge in [-0.25, -0.2) is 4.79 Å². The van der Waals surface area contributed by atoms with Crippen LogP contribution in [0, 0.1) is 17.8 Å². The molecule has 4 nitrogen and oxygen atoms in total. The average Bonchev–Trinajstić information content (AvgIpc) is 2.93. The van der Waals surface area contributed by atoms with Gasteiger partial charge in [0.05, 0.1) is 5.60 Å². The Morgan fingerprint density at radius 3 is 2.65 bits per heavy atom. The molecule has 4 fully saturated rings. The van der Waals surface area contributed by atoms with Crippen LogP contribution in [0.15, 0.2) is 24.3 Å². The summed E-state index contributed by atoms with van der Waals surface area (Å²) in [5.41, 5.74) is 1.90. The van der Waals surface area contributed by atoms with Gasteiger partial charge in [0.15, 0.2) is 0 Å². The van der Waals surface area contributed by atoms with E-state index in [-0.39, 0.29) is 12.1 Å². The molecule has 2 amide bonds. The van der Waals surface area contributed by atoms with Crippen molar-refractivity contribution in [3.63, 3.8) is 0 Å². The van der Waals surface area contributed by atoms with Gasteiger partial charge in [-0.1, -0.05) is 18.2 Å². The van der Waals surface area contributed by atoms with Crippen molar-refractivity contribution < 1.29 is 9.90 Å². The minimum Gasteiger partial charge on any atom is -0.390 e. The number of aliphatic hydroxyl groups is 1. The van der Waals surface area contributed by atoms with Crippen LogP contribution >= 0.6 is 0 Å². The fraction of sp³-hybridized carbons (Fsp3) is 0.632. The number of nitrogens with one attached hydrogen (secondary N) is 1. The third-order valence-corrected chi connectivity index (χ3v) is 6.66. The number of carbonyl (C=O) groups is 1. The molecule has 1 heterocycles. The van der Waals surface area contributed by atoms with Gasteiger partial charge in [-0.2, -0.15) is 0 Å². The van der Waals surface area contributed by atoms with Crippen molar-refractivity contribution in [2.45, 2.75) is 50.2 Å². The van der Waals surface area contributed by atoms with Gasteiger partial charge in [-0.3, -0.25) is 4.90 Å². The average molecular weight is 312 g/mol. The molecule has 6 rings (SSSR count). The van der Waals surface area contributed by atoms with Gasteiger partial charge in [0.1, 0.15) is 0 Å². The fourth-order valence-corrected chi connectivity index (χ4v) is 5.99. The summed E-state index contributed by atoms with van der Waals surface area (Å²) in [5, 5.41) is 14.0. The second-order valence-electron chi connectivity index (χ2n) is 8.20. The van der Waals surface area contributed by atoms with E-state index >= 15 is 0 Å². The highest BCUT2D eigenvalue weighted by Crippen LogP contribution is 2.55. The minimum atomic E-state index is -0.433. The van der Waals surface area contributed by atoms with E-state index in [2.05, 4.69) is 11.4 Å². The molecule has 0 spiro atoms. The minimum absolute atomic E-state index is 0.0550. The Balaban J connectivity index is 1.34. The number of hydrogen-bond acceptors (Lipinski definition) is 2.